The summed E-state index contributed by atoms with van der Waals surface area (Å²) in [4.78, 5) is 3.39. The Morgan fingerprint density at radius 2 is 2.45 bits per heavy atom. The molecule has 0 atom stereocenters. The second-order valence-electron chi connectivity index (χ2n) is 2.23. The fourth-order valence-electron chi connectivity index (χ4n) is 0.921. The molecule has 2 aromatic rings. The lowest BCUT2D eigenvalue weighted by Crippen LogP contribution is -1.75. The summed E-state index contributed by atoms with van der Waals surface area (Å²) in [5.41, 5.74) is 0.275. The van der Waals surface area contributed by atoms with E-state index in [1.807, 2.05) is 0 Å². The first-order valence-corrected chi connectivity index (χ1v) is 3.02. The van der Waals surface area contributed by atoms with Crippen LogP contribution in [0, 0.1) is 12.9 Å². The Morgan fingerprint density at radius 3 is 3.09 bits per heavy atom. The van der Waals surface area contributed by atoms with Crippen molar-refractivity contribution >= 4 is 5.65 Å². The van der Waals surface area contributed by atoms with Gasteiger partial charge in [-0.15, -0.1) is 4.57 Å². The van der Waals surface area contributed by atoms with E-state index in [1.165, 1.54) is 6.07 Å². The van der Waals surface area contributed by atoms with Crippen molar-refractivity contribution in [1.82, 2.24) is 9.56 Å². The normalized spacial score (nSPS) is 11.1. The van der Waals surface area contributed by atoms with Gasteiger partial charge in [0.05, 0.1) is 0 Å². The molecule has 0 bridgehead atoms. The maximum absolute atomic E-state index is 12.5. The summed E-state index contributed by atoms with van der Waals surface area (Å²) in [6.45, 7) is 1.69. The lowest BCUT2D eigenvalue weighted by Gasteiger charge is -1.84. The van der Waals surface area contributed by atoms with Crippen LogP contribution in [-0.4, -0.2) is 14.7 Å². The second kappa shape index (κ2) is 1.75. The van der Waals surface area contributed by atoms with Crippen LogP contribution in [0.3, 0.4) is 0 Å². The molecule has 58 valence electrons. The minimum atomic E-state index is -0.913. The first kappa shape index (κ1) is 6.21. The molecule has 2 heterocycles. The molecule has 0 aromatic carbocycles. The number of imidazole rings is 1. The highest BCUT2D eigenvalue weighted by Crippen LogP contribution is 2.19. The topological polar surface area (TPSA) is 50.7 Å². The lowest BCUT2D eigenvalue weighted by atomic mass is 10.5. The van der Waals surface area contributed by atoms with Gasteiger partial charge in [-0.3, -0.25) is 0 Å². The van der Waals surface area contributed by atoms with Gasteiger partial charge in [0.1, 0.15) is 5.76 Å². The minimum absolute atomic E-state index is 0.275. The molecule has 5 heteroatoms. The molecular weight excluding hydrogens is 151 g/mol. The molecule has 0 fully saturated rings. The van der Waals surface area contributed by atoms with Crippen LogP contribution in [0.4, 0.5) is 4.39 Å². The van der Waals surface area contributed by atoms with Crippen molar-refractivity contribution in [2.75, 3.05) is 0 Å². The average Bonchev–Trinajstić information content (AvgIpc) is 2.37. The number of aromatic hydroxyl groups is 1. The Balaban J connectivity index is 2.88. The molecule has 0 aliphatic heterocycles. The summed E-state index contributed by atoms with van der Waals surface area (Å²) in [5, 5.41) is 8.94. The van der Waals surface area contributed by atoms with Gasteiger partial charge in [0.25, 0.3) is 11.8 Å². The van der Waals surface area contributed by atoms with E-state index < -0.39 is 11.8 Å². The van der Waals surface area contributed by atoms with Crippen LogP contribution in [-0.2, 0) is 0 Å². The first-order valence-electron chi connectivity index (χ1n) is 3.02. The molecule has 0 amide bonds. The van der Waals surface area contributed by atoms with Crippen LogP contribution in [0.15, 0.2) is 10.6 Å². The van der Waals surface area contributed by atoms with E-state index in [4.69, 9.17) is 9.63 Å². The Labute approximate surface area is 60.8 Å². The Kier molecular flexibility index (Phi) is 0.986. The van der Waals surface area contributed by atoms with E-state index in [9.17, 15) is 4.39 Å². The molecule has 4 nitrogen and oxygen atoms in total. The van der Waals surface area contributed by atoms with E-state index in [1.54, 1.807) is 6.92 Å². The van der Waals surface area contributed by atoms with Crippen molar-refractivity contribution in [2.45, 2.75) is 6.92 Å². The predicted octanol–water partition coefficient (Wildman–Crippen LogP) is 1.08. The van der Waals surface area contributed by atoms with Gasteiger partial charge in [0.15, 0.2) is 5.65 Å². The van der Waals surface area contributed by atoms with Gasteiger partial charge < -0.3 is 9.63 Å². The van der Waals surface area contributed by atoms with Crippen molar-refractivity contribution in [3.63, 3.8) is 0 Å². The van der Waals surface area contributed by atoms with Crippen LogP contribution in [0.5, 0.6) is 5.88 Å². The molecule has 0 spiro atoms. The van der Waals surface area contributed by atoms with E-state index in [-0.39, 0.29) is 5.65 Å². The molecule has 1 N–H and O–H groups in total. The zero-order chi connectivity index (χ0) is 8.01. The predicted molar refractivity (Wildman–Crippen MR) is 33.8 cm³/mol. The Morgan fingerprint density at radius 1 is 1.73 bits per heavy atom. The number of fused-ring (bicyclic) bond motifs is 1. The highest BCUT2D eigenvalue weighted by atomic mass is 19.1. The molecule has 2 aromatic heterocycles. The average molecular weight is 156 g/mol. The highest BCUT2D eigenvalue weighted by molar-refractivity contribution is 5.41. The van der Waals surface area contributed by atoms with Gasteiger partial charge in [0.2, 0.25) is 0 Å². The third kappa shape index (κ3) is 0.705. The SMILES string of the molecule is Cc1cc2nc(F)c(O)n2o1. The Hall–Kier alpha value is -1.52. The summed E-state index contributed by atoms with van der Waals surface area (Å²) in [6, 6.07) is 1.53. The monoisotopic (exact) mass is 156 g/mol. The largest absolute Gasteiger partial charge is 0.489 e. The number of hydrogen-bond donors (Lipinski definition) is 1. The van der Waals surface area contributed by atoms with E-state index in [2.05, 4.69) is 4.98 Å². The first-order chi connectivity index (χ1) is 5.18. The van der Waals surface area contributed by atoms with E-state index >= 15 is 0 Å². The number of hydrogen-bond acceptors (Lipinski definition) is 3. The molecule has 11 heavy (non-hydrogen) atoms. The smallest absolute Gasteiger partial charge is 0.284 e. The Bertz CT molecular complexity index is 404. The second-order valence-corrected chi connectivity index (χ2v) is 2.23. The standard InChI is InChI=1S/C6H5FN2O2/c1-3-2-4-8-5(7)6(10)9(4)11-3/h2,10H,1H3. The summed E-state index contributed by atoms with van der Waals surface area (Å²) >= 11 is 0. The summed E-state index contributed by atoms with van der Waals surface area (Å²) in [7, 11) is 0. The van der Waals surface area contributed by atoms with E-state index in [0.717, 1.165) is 4.57 Å². The van der Waals surface area contributed by atoms with Crippen molar-refractivity contribution in [2.24, 2.45) is 0 Å². The summed E-state index contributed by atoms with van der Waals surface area (Å²) in [6.07, 6.45) is 0. The van der Waals surface area contributed by atoms with Crippen molar-refractivity contribution in [3.05, 3.63) is 17.8 Å². The van der Waals surface area contributed by atoms with Gasteiger partial charge >= 0.3 is 0 Å². The fourth-order valence-corrected chi connectivity index (χ4v) is 0.921. The van der Waals surface area contributed by atoms with Gasteiger partial charge in [0, 0.05) is 6.07 Å². The highest BCUT2D eigenvalue weighted by Gasteiger charge is 2.13. The number of rotatable bonds is 0. The third-order valence-electron chi connectivity index (χ3n) is 1.37. The third-order valence-corrected chi connectivity index (χ3v) is 1.37. The number of halogens is 1. The van der Waals surface area contributed by atoms with Crippen molar-refractivity contribution in [3.8, 4) is 5.88 Å². The van der Waals surface area contributed by atoms with Crippen LogP contribution < -0.4 is 0 Å². The van der Waals surface area contributed by atoms with Gasteiger partial charge in [-0.25, -0.2) is 0 Å². The zero-order valence-electron chi connectivity index (χ0n) is 5.71. The zero-order valence-corrected chi connectivity index (χ0v) is 5.71. The molecule has 0 saturated carbocycles. The number of nitrogens with zero attached hydrogens (tertiary/aromatic N) is 2. The van der Waals surface area contributed by atoms with Gasteiger partial charge in [-0.05, 0) is 6.92 Å². The van der Waals surface area contributed by atoms with Crippen LogP contribution in [0.2, 0.25) is 0 Å². The quantitative estimate of drug-likeness (QED) is 0.620. The van der Waals surface area contributed by atoms with Crippen LogP contribution >= 0.6 is 0 Å². The maximum atomic E-state index is 12.5. The number of aryl methyl sites for hydroxylation is 1. The van der Waals surface area contributed by atoms with Crippen LogP contribution in [0.25, 0.3) is 5.65 Å². The van der Waals surface area contributed by atoms with Crippen molar-refractivity contribution in [1.29, 1.82) is 0 Å². The molecular formula is C6H5FN2O2. The van der Waals surface area contributed by atoms with E-state index in [0.29, 0.717) is 5.76 Å². The molecule has 0 radical (unpaired) electrons. The fraction of sp³-hybridized carbons (Fsp3) is 0.167. The molecule has 2 rings (SSSR count). The lowest BCUT2D eigenvalue weighted by molar-refractivity contribution is 0.291. The molecule has 0 aliphatic rings. The minimum Gasteiger partial charge on any atom is -0.489 e. The summed E-state index contributed by atoms with van der Waals surface area (Å²) in [5.74, 6) is -0.931. The van der Waals surface area contributed by atoms with Gasteiger partial charge in [-0.2, -0.15) is 9.37 Å². The maximum Gasteiger partial charge on any atom is 0.284 e. The van der Waals surface area contributed by atoms with Crippen molar-refractivity contribution < 1.29 is 14.0 Å². The molecule has 0 aliphatic carbocycles. The number of aromatic nitrogens is 2. The van der Waals surface area contributed by atoms with Crippen LogP contribution in [0.1, 0.15) is 5.76 Å². The summed E-state index contributed by atoms with van der Waals surface area (Å²) < 4.78 is 18.3. The molecule has 0 saturated heterocycles. The van der Waals surface area contributed by atoms with Gasteiger partial charge in [-0.1, -0.05) is 0 Å². The molecule has 0 unspecified atom stereocenters.